The molecule has 0 aromatic heterocycles. The zero-order valence-electron chi connectivity index (χ0n) is 12.9. The number of rotatable bonds is 5. The van der Waals surface area contributed by atoms with Crippen LogP contribution in [0.5, 0.6) is 5.75 Å². The van der Waals surface area contributed by atoms with Crippen LogP contribution in [-0.4, -0.2) is 36.9 Å². The van der Waals surface area contributed by atoms with Gasteiger partial charge in [-0.25, -0.2) is 0 Å². The molecule has 1 aliphatic rings. The fraction of sp³-hybridized carbons (Fsp3) is 0.588. The van der Waals surface area contributed by atoms with E-state index in [1.54, 1.807) is 7.11 Å². The molecule has 20 heavy (non-hydrogen) atoms. The number of ether oxygens (including phenoxy) is 1. The van der Waals surface area contributed by atoms with Crippen LogP contribution in [0, 0.1) is 11.8 Å². The van der Waals surface area contributed by atoms with Gasteiger partial charge < -0.3 is 4.74 Å². The topological polar surface area (TPSA) is 29.5 Å². The average Bonchev–Trinajstić information content (AvgIpc) is 2.96. The van der Waals surface area contributed by atoms with Crippen molar-refractivity contribution in [1.29, 1.82) is 0 Å². The molecule has 1 aromatic rings. The Hall–Kier alpha value is -1.35. The van der Waals surface area contributed by atoms with Crippen LogP contribution in [0.3, 0.4) is 0 Å². The van der Waals surface area contributed by atoms with Crippen molar-refractivity contribution in [3.05, 3.63) is 29.8 Å². The summed E-state index contributed by atoms with van der Waals surface area (Å²) in [6.07, 6.45) is 1.21. The lowest BCUT2D eigenvalue weighted by molar-refractivity contribution is 0.0860. The van der Waals surface area contributed by atoms with E-state index in [0.29, 0.717) is 5.92 Å². The van der Waals surface area contributed by atoms with Crippen molar-refractivity contribution >= 4 is 5.78 Å². The van der Waals surface area contributed by atoms with Gasteiger partial charge in [0, 0.05) is 12.1 Å². The minimum absolute atomic E-state index is 0.0351. The first kappa shape index (κ1) is 15.0. The zero-order valence-corrected chi connectivity index (χ0v) is 12.9. The monoisotopic (exact) mass is 275 g/mol. The second kappa shape index (κ2) is 6.40. The lowest BCUT2D eigenvalue weighted by atomic mass is 9.95. The summed E-state index contributed by atoms with van der Waals surface area (Å²) in [5.74, 6) is 2.41. The fourth-order valence-corrected chi connectivity index (χ4v) is 2.87. The van der Waals surface area contributed by atoms with Gasteiger partial charge >= 0.3 is 0 Å². The summed E-state index contributed by atoms with van der Waals surface area (Å²) in [6, 6.07) is 7.37. The average molecular weight is 275 g/mol. The molecule has 0 amide bonds. The zero-order chi connectivity index (χ0) is 14.7. The third-order valence-corrected chi connectivity index (χ3v) is 4.50. The van der Waals surface area contributed by atoms with Gasteiger partial charge in [0.25, 0.3) is 0 Å². The van der Waals surface area contributed by atoms with Crippen molar-refractivity contribution < 1.29 is 9.53 Å². The van der Waals surface area contributed by atoms with Crippen molar-refractivity contribution in [2.75, 3.05) is 20.2 Å². The maximum atomic E-state index is 12.5. The van der Waals surface area contributed by atoms with Gasteiger partial charge in [-0.2, -0.15) is 0 Å². The van der Waals surface area contributed by atoms with E-state index in [1.165, 1.54) is 6.42 Å². The lowest BCUT2D eigenvalue weighted by Crippen LogP contribution is -2.37. The number of nitrogens with zero attached hydrogens (tertiary/aromatic N) is 1. The largest absolute Gasteiger partial charge is 0.497 e. The van der Waals surface area contributed by atoms with Crippen molar-refractivity contribution in [2.24, 2.45) is 11.8 Å². The van der Waals surface area contributed by atoms with Crippen molar-refractivity contribution in [3.63, 3.8) is 0 Å². The van der Waals surface area contributed by atoms with Gasteiger partial charge in [-0.05, 0) is 56.0 Å². The molecule has 2 unspecified atom stereocenters. The number of Topliss-reactive ketones (excluding diaryl/α,β-unsaturated/α-hetero) is 1. The first-order chi connectivity index (χ1) is 9.52. The number of hydrogen-bond acceptors (Lipinski definition) is 3. The Morgan fingerprint density at radius 1 is 1.25 bits per heavy atom. The molecule has 0 radical (unpaired) electrons. The highest BCUT2D eigenvalue weighted by Gasteiger charge is 2.31. The number of carbonyl (C=O) groups is 1. The summed E-state index contributed by atoms with van der Waals surface area (Å²) in [4.78, 5) is 14.8. The fourth-order valence-electron chi connectivity index (χ4n) is 2.87. The van der Waals surface area contributed by atoms with Crippen LogP contribution in [-0.2, 0) is 0 Å². The van der Waals surface area contributed by atoms with E-state index in [2.05, 4.69) is 18.7 Å². The van der Waals surface area contributed by atoms with Gasteiger partial charge in [0.1, 0.15) is 5.75 Å². The molecule has 0 spiro atoms. The number of likely N-dealkylation sites (tertiary alicyclic amines) is 1. The molecule has 3 nitrogen and oxygen atoms in total. The van der Waals surface area contributed by atoms with Crippen LogP contribution in [0.15, 0.2) is 24.3 Å². The highest BCUT2D eigenvalue weighted by molar-refractivity contribution is 5.99. The predicted octanol–water partition coefficient (Wildman–Crippen LogP) is 3.24. The van der Waals surface area contributed by atoms with E-state index in [4.69, 9.17) is 4.74 Å². The SMILES string of the molecule is COc1ccc(C(=O)C(C)N2CCC(C(C)C)C2)cc1. The van der Waals surface area contributed by atoms with Crippen LogP contribution >= 0.6 is 0 Å². The van der Waals surface area contributed by atoms with Crippen molar-refractivity contribution in [3.8, 4) is 5.75 Å². The van der Waals surface area contributed by atoms with Gasteiger partial charge in [-0.15, -0.1) is 0 Å². The van der Waals surface area contributed by atoms with Crippen LogP contribution in [0.1, 0.15) is 37.6 Å². The molecule has 1 aliphatic heterocycles. The summed E-state index contributed by atoms with van der Waals surface area (Å²) in [6.45, 7) is 8.64. The molecule has 2 atom stereocenters. The Morgan fingerprint density at radius 3 is 2.40 bits per heavy atom. The number of methoxy groups -OCH3 is 1. The summed E-state index contributed by atoms with van der Waals surface area (Å²) in [7, 11) is 1.63. The summed E-state index contributed by atoms with van der Waals surface area (Å²) in [5.41, 5.74) is 0.770. The van der Waals surface area contributed by atoms with Gasteiger partial charge in [0.05, 0.1) is 13.2 Å². The number of benzene rings is 1. The molecular weight excluding hydrogens is 250 g/mol. The molecule has 2 rings (SSSR count). The van der Waals surface area contributed by atoms with Crippen LogP contribution in [0.4, 0.5) is 0 Å². The minimum atomic E-state index is -0.0351. The molecule has 0 bridgehead atoms. The summed E-state index contributed by atoms with van der Waals surface area (Å²) in [5, 5.41) is 0. The van der Waals surface area contributed by atoms with Crippen molar-refractivity contribution in [1.82, 2.24) is 4.90 Å². The Labute approximate surface area is 121 Å². The van der Waals surface area contributed by atoms with Crippen LogP contribution < -0.4 is 4.74 Å². The number of ketones is 1. The van der Waals surface area contributed by atoms with Crippen LogP contribution in [0.2, 0.25) is 0 Å². The molecule has 110 valence electrons. The third kappa shape index (κ3) is 3.21. The smallest absolute Gasteiger partial charge is 0.179 e. The number of carbonyl (C=O) groups excluding carboxylic acids is 1. The van der Waals surface area contributed by atoms with E-state index in [9.17, 15) is 4.79 Å². The second-order valence-electron chi connectivity index (χ2n) is 6.06. The Morgan fingerprint density at radius 2 is 1.90 bits per heavy atom. The van der Waals surface area contributed by atoms with E-state index >= 15 is 0 Å². The van der Waals surface area contributed by atoms with E-state index in [1.807, 2.05) is 31.2 Å². The first-order valence-electron chi connectivity index (χ1n) is 7.45. The van der Waals surface area contributed by atoms with E-state index in [0.717, 1.165) is 30.3 Å². The molecule has 1 aromatic carbocycles. The normalized spacial score (nSPS) is 21.1. The number of hydrogen-bond donors (Lipinski definition) is 0. The van der Waals surface area contributed by atoms with Gasteiger partial charge in [-0.3, -0.25) is 9.69 Å². The maximum Gasteiger partial charge on any atom is 0.179 e. The highest BCUT2D eigenvalue weighted by atomic mass is 16.5. The second-order valence-corrected chi connectivity index (χ2v) is 6.06. The standard InChI is InChI=1S/C17H25NO2/c1-12(2)15-9-10-18(11-15)13(3)17(19)14-5-7-16(20-4)8-6-14/h5-8,12-13,15H,9-11H2,1-4H3. The quantitative estimate of drug-likeness (QED) is 0.773. The van der Waals surface area contributed by atoms with E-state index < -0.39 is 0 Å². The minimum Gasteiger partial charge on any atom is -0.497 e. The molecule has 0 N–H and O–H groups in total. The lowest BCUT2D eigenvalue weighted by Gasteiger charge is -2.24. The Bertz CT molecular complexity index is 453. The predicted molar refractivity (Wildman–Crippen MR) is 81.3 cm³/mol. The van der Waals surface area contributed by atoms with Crippen molar-refractivity contribution in [2.45, 2.75) is 33.2 Å². The maximum absolute atomic E-state index is 12.5. The Balaban J connectivity index is 2.01. The third-order valence-electron chi connectivity index (χ3n) is 4.50. The molecule has 1 heterocycles. The molecule has 0 aliphatic carbocycles. The molecule has 3 heteroatoms. The molecule has 0 saturated carbocycles. The summed E-state index contributed by atoms with van der Waals surface area (Å²) >= 11 is 0. The summed E-state index contributed by atoms with van der Waals surface area (Å²) < 4.78 is 5.13. The highest BCUT2D eigenvalue weighted by Crippen LogP contribution is 2.26. The van der Waals surface area contributed by atoms with Crippen LogP contribution in [0.25, 0.3) is 0 Å². The van der Waals surface area contributed by atoms with Gasteiger partial charge in [0.2, 0.25) is 0 Å². The first-order valence-corrected chi connectivity index (χ1v) is 7.45. The van der Waals surface area contributed by atoms with Gasteiger partial charge in [-0.1, -0.05) is 13.8 Å². The van der Waals surface area contributed by atoms with E-state index in [-0.39, 0.29) is 11.8 Å². The van der Waals surface area contributed by atoms with Gasteiger partial charge in [0.15, 0.2) is 5.78 Å². The molecule has 1 fully saturated rings. The molecular formula is C17H25NO2. The molecule has 1 saturated heterocycles. The Kier molecular flexibility index (Phi) is 4.81.